The van der Waals surface area contributed by atoms with Crippen LogP contribution in [-0.4, -0.2) is 48.5 Å². The topological polar surface area (TPSA) is 84.7 Å². The van der Waals surface area contributed by atoms with E-state index in [-0.39, 0.29) is 23.4 Å². The molecule has 7 heteroatoms. The number of carbonyl (C=O) groups excluding carboxylic acids is 1. The van der Waals surface area contributed by atoms with Gasteiger partial charge in [0.1, 0.15) is 5.75 Å². The van der Waals surface area contributed by atoms with Gasteiger partial charge in [0.05, 0.1) is 23.7 Å². The first-order valence-electron chi connectivity index (χ1n) is 6.38. The van der Waals surface area contributed by atoms with Crippen LogP contribution in [0.15, 0.2) is 18.2 Å². The van der Waals surface area contributed by atoms with E-state index in [1.807, 2.05) is 6.92 Å². The van der Waals surface area contributed by atoms with Gasteiger partial charge in [-0.15, -0.1) is 0 Å². The third-order valence-corrected chi connectivity index (χ3v) is 3.39. The smallest absolute Gasteiger partial charge is 0.273 e. The number of hydrogen-bond donors (Lipinski definition) is 1. The van der Waals surface area contributed by atoms with Gasteiger partial charge in [0.2, 0.25) is 0 Å². The molecule has 0 radical (unpaired) electrons. The highest BCUT2D eigenvalue weighted by Crippen LogP contribution is 2.26. The van der Waals surface area contributed by atoms with Crippen LogP contribution in [0, 0.1) is 10.1 Å². The molecular formula is C13H17N3O4. The molecule has 7 nitrogen and oxygen atoms in total. The van der Waals surface area contributed by atoms with Crippen LogP contribution >= 0.6 is 0 Å². The summed E-state index contributed by atoms with van der Waals surface area (Å²) in [6, 6.07) is 4.13. The molecule has 1 atom stereocenters. The molecule has 0 spiro atoms. The highest BCUT2D eigenvalue weighted by atomic mass is 16.6. The van der Waals surface area contributed by atoms with E-state index in [4.69, 9.17) is 4.74 Å². The average Bonchev–Trinajstić information content (AvgIpc) is 2.46. The molecule has 0 aliphatic carbocycles. The summed E-state index contributed by atoms with van der Waals surface area (Å²) in [7, 11) is 1.40. The molecule has 1 aliphatic heterocycles. The summed E-state index contributed by atoms with van der Waals surface area (Å²) >= 11 is 0. The van der Waals surface area contributed by atoms with Crippen molar-refractivity contribution >= 4 is 11.6 Å². The maximum Gasteiger partial charge on any atom is 0.273 e. The van der Waals surface area contributed by atoms with Crippen molar-refractivity contribution < 1.29 is 14.5 Å². The lowest BCUT2D eigenvalue weighted by atomic mass is 10.1. The van der Waals surface area contributed by atoms with Crippen molar-refractivity contribution in [3.8, 4) is 5.75 Å². The van der Waals surface area contributed by atoms with Crippen LogP contribution in [0.5, 0.6) is 5.75 Å². The zero-order valence-electron chi connectivity index (χ0n) is 11.5. The number of hydrogen-bond acceptors (Lipinski definition) is 5. The summed E-state index contributed by atoms with van der Waals surface area (Å²) in [5, 5.41) is 14.0. The molecule has 0 unspecified atom stereocenters. The van der Waals surface area contributed by atoms with Crippen LogP contribution in [0.3, 0.4) is 0 Å². The normalized spacial score (nSPS) is 18.7. The second kappa shape index (κ2) is 5.87. The van der Waals surface area contributed by atoms with Gasteiger partial charge < -0.3 is 15.0 Å². The number of piperazine rings is 1. The first kappa shape index (κ1) is 14.3. The van der Waals surface area contributed by atoms with Crippen molar-refractivity contribution in [3.63, 3.8) is 0 Å². The first-order chi connectivity index (χ1) is 9.54. The predicted octanol–water partition coefficient (Wildman–Crippen LogP) is 1.04. The number of nitro benzene ring substituents is 1. The summed E-state index contributed by atoms with van der Waals surface area (Å²) in [5.41, 5.74) is 0.263. The largest absolute Gasteiger partial charge is 0.496 e. The maximum atomic E-state index is 12.5. The fraction of sp³-hybridized carbons (Fsp3) is 0.462. The van der Waals surface area contributed by atoms with Crippen molar-refractivity contribution in [2.45, 2.75) is 13.0 Å². The highest BCUT2D eigenvalue weighted by Gasteiger charge is 2.27. The van der Waals surface area contributed by atoms with E-state index in [0.717, 1.165) is 13.1 Å². The molecule has 1 amide bonds. The number of amides is 1. The van der Waals surface area contributed by atoms with E-state index in [0.29, 0.717) is 12.1 Å². The molecule has 20 heavy (non-hydrogen) atoms. The Morgan fingerprint density at radius 1 is 1.55 bits per heavy atom. The Balaban J connectivity index is 2.31. The number of benzene rings is 1. The Kier molecular flexibility index (Phi) is 4.19. The van der Waals surface area contributed by atoms with E-state index in [1.54, 1.807) is 4.90 Å². The Morgan fingerprint density at radius 3 is 2.90 bits per heavy atom. The number of methoxy groups -OCH3 is 1. The lowest BCUT2D eigenvalue weighted by Gasteiger charge is -2.34. The fourth-order valence-electron chi connectivity index (χ4n) is 2.27. The van der Waals surface area contributed by atoms with E-state index in [9.17, 15) is 14.9 Å². The molecule has 1 aromatic rings. The van der Waals surface area contributed by atoms with Crippen molar-refractivity contribution in [2.75, 3.05) is 26.7 Å². The van der Waals surface area contributed by atoms with Crippen molar-refractivity contribution in [1.82, 2.24) is 10.2 Å². The molecule has 1 heterocycles. The Bertz CT molecular complexity index is 532. The zero-order valence-corrected chi connectivity index (χ0v) is 11.5. The van der Waals surface area contributed by atoms with Crippen molar-refractivity contribution in [2.24, 2.45) is 0 Å². The van der Waals surface area contributed by atoms with Crippen LogP contribution in [-0.2, 0) is 0 Å². The monoisotopic (exact) mass is 279 g/mol. The average molecular weight is 279 g/mol. The lowest BCUT2D eigenvalue weighted by molar-refractivity contribution is -0.384. The third-order valence-electron chi connectivity index (χ3n) is 3.39. The number of non-ortho nitro benzene ring substituents is 1. The molecule has 2 rings (SSSR count). The SMILES string of the molecule is COc1cc([N+](=O)[O-])ccc1C(=O)N1CCNC[C@@H]1C. The second-order valence-electron chi connectivity index (χ2n) is 4.69. The van der Waals surface area contributed by atoms with Gasteiger partial charge >= 0.3 is 0 Å². The summed E-state index contributed by atoms with van der Waals surface area (Å²) < 4.78 is 5.12. The second-order valence-corrected chi connectivity index (χ2v) is 4.69. The van der Waals surface area contributed by atoms with Crippen LogP contribution in [0.1, 0.15) is 17.3 Å². The predicted molar refractivity (Wildman–Crippen MR) is 73.0 cm³/mol. The van der Waals surface area contributed by atoms with Gasteiger partial charge in [-0.25, -0.2) is 0 Å². The maximum absolute atomic E-state index is 12.5. The minimum Gasteiger partial charge on any atom is -0.496 e. The van der Waals surface area contributed by atoms with E-state index < -0.39 is 4.92 Å². The Morgan fingerprint density at radius 2 is 2.30 bits per heavy atom. The van der Waals surface area contributed by atoms with Crippen LogP contribution in [0.4, 0.5) is 5.69 Å². The molecular weight excluding hydrogens is 262 g/mol. The summed E-state index contributed by atoms with van der Waals surface area (Å²) in [4.78, 5) is 24.5. The van der Waals surface area contributed by atoms with Gasteiger partial charge in [-0.2, -0.15) is 0 Å². The van der Waals surface area contributed by atoms with Gasteiger partial charge in [0, 0.05) is 31.7 Å². The number of ether oxygens (including phenoxy) is 1. The van der Waals surface area contributed by atoms with Crippen molar-refractivity contribution in [3.05, 3.63) is 33.9 Å². The molecule has 1 fully saturated rings. The van der Waals surface area contributed by atoms with E-state index >= 15 is 0 Å². The fourth-order valence-corrected chi connectivity index (χ4v) is 2.27. The first-order valence-corrected chi connectivity index (χ1v) is 6.38. The van der Waals surface area contributed by atoms with Crippen LogP contribution < -0.4 is 10.1 Å². The molecule has 1 N–H and O–H groups in total. The Labute approximate surface area is 116 Å². The summed E-state index contributed by atoms with van der Waals surface area (Å²) in [5.74, 6) is 0.0701. The molecule has 1 aliphatic rings. The minimum atomic E-state index is -0.510. The molecule has 108 valence electrons. The highest BCUT2D eigenvalue weighted by molar-refractivity contribution is 5.97. The summed E-state index contributed by atoms with van der Waals surface area (Å²) in [6.45, 7) is 4.05. The van der Waals surface area contributed by atoms with Gasteiger partial charge in [-0.1, -0.05) is 0 Å². The molecule has 0 bridgehead atoms. The van der Waals surface area contributed by atoms with Crippen LogP contribution in [0.25, 0.3) is 0 Å². The number of nitrogens with one attached hydrogen (secondary N) is 1. The standard InChI is InChI=1S/C13H17N3O4/c1-9-8-14-5-6-15(9)13(17)11-4-3-10(16(18)19)7-12(11)20-2/h3-4,7,9,14H,5-6,8H2,1-2H3/t9-/m0/s1. The van der Waals surface area contributed by atoms with Gasteiger partial charge in [-0.3, -0.25) is 14.9 Å². The summed E-state index contributed by atoms with van der Waals surface area (Å²) in [6.07, 6.45) is 0. The number of nitro groups is 1. The van der Waals surface area contributed by atoms with E-state index in [1.165, 1.54) is 25.3 Å². The molecule has 1 aromatic carbocycles. The van der Waals surface area contributed by atoms with Crippen LogP contribution in [0.2, 0.25) is 0 Å². The molecule has 0 aromatic heterocycles. The number of carbonyl (C=O) groups is 1. The number of nitrogens with zero attached hydrogens (tertiary/aromatic N) is 2. The third kappa shape index (κ3) is 2.72. The van der Waals surface area contributed by atoms with Gasteiger partial charge in [0.25, 0.3) is 11.6 Å². The van der Waals surface area contributed by atoms with Crippen molar-refractivity contribution in [1.29, 1.82) is 0 Å². The van der Waals surface area contributed by atoms with E-state index in [2.05, 4.69) is 5.32 Å². The Hall–Kier alpha value is -2.15. The van der Waals surface area contributed by atoms with Gasteiger partial charge in [-0.05, 0) is 13.0 Å². The van der Waals surface area contributed by atoms with Gasteiger partial charge in [0.15, 0.2) is 0 Å². The number of rotatable bonds is 3. The molecule has 1 saturated heterocycles. The zero-order chi connectivity index (χ0) is 14.7. The lowest BCUT2D eigenvalue weighted by Crippen LogP contribution is -2.52. The molecule has 0 saturated carbocycles. The quantitative estimate of drug-likeness (QED) is 0.660. The minimum absolute atomic E-state index is 0.0798.